The number of nitrogens with zero attached hydrogens (tertiary/aromatic N) is 1. The summed E-state index contributed by atoms with van der Waals surface area (Å²) >= 11 is 0. The topological polar surface area (TPSA) is 72.6 Å². The first-order valence-electron chi connectivity index (χ1n) is 7.47. The first kappa shape index (κ1) is 20.7. The minimum Gasteiger partial charge on any atom is -0.487 e. The molecule has 0 saturated carbocycles. The van der Waals surface area contributed by atoms with Gasteiger partial charge in [-0.05, 0) is 17.7 Å². The predicted molar refractivity (Wildman–Crippen MR) is 90.8 cm³/mol. The number of hydrogen-bond acceptors (Lipinski definition) is 4. The maximum absolute atomic E-state index is 10.7. The molecule has 0 atom stereocenters. The van der Waals surface area contributed by atoms with Crippen molar-refractivity contribution in [3.05, 3.63) is 47.2 Å². The number of carbonyl (C=O) groups is 1. The van der Waals surface area contributed by atoms with Gasteiger partial charge in [-0.3, -0.25) is 4.79 Å². The lowest BCUT2D eigenvalue weighted by molar-refractivity contribution is -0.136. The Labute approximate surface area is 138 Å². The fraction of sp³-hybridized carbons (Fsp3) is 0.444. The third-order valence-corrected chi connectivity index (χ3v) is 2.84. The Morgan fingerprint density at radius 3 is 2.65 bits per heavy atom. The van der Waals surface area contributed by atoms with Gasteiger partial charge in [-0.25, -0.2) is 4.98 Å². The van der Waals surface area contributed by atoms with E-state index in [1.54, 1.807) is 31.2 Å². The number of hydrogen-bond donors (Lipinski definition) is 1. The maximum Gasteiger partial charge on any atom is 0.307 e. The second-order valence-corrected chi connectivity index (χ2v) is 4.46. The monoisotopic (exact) mass is 321 g/mol. The second-order valence-electron chi connectivity index (χ2n) is 4.46. The zero-order valence-electron chi connectivity index (χ0n) is 13.5. The van der Waals surface area contributed by atoms with Crippen LogP contribution in [0.15, 0.2) is 28.7 Å². The van der Waals surface area contributed by atoms with Crippen LogP contribution in [0.3, 0.4) is 0 Å². The van der Waals surface area contributed by atoms with Gasteiger partial charge in [0.05, 0.1) is 6.42 Å². The van der Waals surface area contributed by atoms with Crippen molar-refractivity contribution in [3.63, 3.8) is 0 Å². The zero-order valence-corrected chi connectivity index (χ0v) is 13.5. The molecule has 0 radical (unpaired) electrons. The molecule has 0 bridgehead atoms. The van der Waals surface area contributed by atoms with E-state index in [-0.39, 0.29) is 13.8 Å². The van der Waals surface area contributed by atoms with Gasteiger partial charge in [0.15, 0.2) is 5.89 Å². The Bertz CT molecular complexity index is 605. The van der Waals surface area contributed by atoms with Crippen LogP contribution in [-0.4, -0.2) is 16.1 Å². The lowest BCUT2D eigenvalue weighted by atomic mass is 10.1. The minimum absolute atomic E-state index is 0. The van der Waals surface area contributed by atoms with Gasteiger partial charge >= 0.3 is 5.97 Å². The number of ether oxygens (including phenoxy) is 1. The molecule has 0 fully saturated rings. The summed E-state index contributed by atoms with van der Waals surface area (Å²) in [7, 11) is 0. The van der Waals surface area contributed by atoms with Gasteiger partial charge in [-0.15, -0.1) is 0 Å². The van der Waals surface area contributed by atoms with Crippen molar-refractivity contribution in [3.8, 4) is 5.75 Å². The number of carboxylic acid groups (broad SMARTS) is 1. The number of aliphatic carboxylic acids is 1. The number of oxazole rings is 1. The molecule has 0 unspecified atom stereocenters. The van der Waals surface area contributed by atoms with Crippen LogP contribution < -0.4 is 4.74 Å². The fourth-order valence-electron chi connectivity index (χ4n) is 1.97. The number of carboxylic acids is 1. The highest BCUT2D eigenvalue weighted by atomic mass is 16.5. The molecule has 0 amide bonds. The van der Waals surface area contributed by atoms with Crippen molar-refractivity contribution in [1.29, 1.82) is 0 Å². The van der Waals surface area contributed by atoms with E-state index < -0.39 is 5.97 Å². The van der Waals surface area contributed by atoms with Gasteiger partial charge in [0.1, 0.15) is 23.8 Å². The molecule has 1 aromatic carbocycles. The lowest BCUT2D eigenvalue weighted by Gasteiger charge is -2.06. The van der Waals surface area contributed by atoms with E-state index in [4.69, 9.17) is 14.3 Å². The van der Waals surface area contributed by atoms with Crippen molar-refractivity contribution in [2.24, 2.45) is 0 Å². The van der Waals surface area contributed by atoms with Crippen LogP contribution in [0.5, 0.6) is 5.75 Å². The largest absolute Gasteiger partial charge is 0.487 e. The molecular formula is C18H27NO4. The average molecular weight is 321 g/mol. The normalized spacial score (nSPS) is 9.39. The third-order valence-electron chi connectivity index (χ3n) is 2.84. The van der Waals surface area contributed by atoms with E-state index in [9.17, 15) is 4.79 Å². The van der Waals surface area contributed by atoms with E-state index >= 15 is 0 Å². The van der Waals surface area contributed by atoms with Crippen LogP contribution in [0, 0.1) is 6.92 Å². The molecule has 1 aromatic heterocycles. The molecule has 128 valence electrons. The Hall–Kier alpha value is -2.30. The Morgan fingerprint density at radius 1 is 1.35 bits per heavy atom. The third kappa shape index (κ3) is 6.55. The molecule has 2 rings (SSSR count). The minimum atomic E-state index is -0.859. The van der Waals surface area contributed by atoms with Crippen LogP contribution in [0.25, 0.3) is 0 Å². The van der Waals surface area contributed by atoms with E-state index in [2.05, 4.69) is 4.98 Å². The molecule has 5 nitrogen and oxygen atoms in total. The first-order chi connectivity index (χ1) is 10.6. The second kappa shape index (κ2) is 10.4. The molecule has 0 spiro atoms. The van der Waals surface area contributed by atoms with Crippen molar-refractivity contribution in [2.75, 3.05) is 0 Å². The summed E-state index contributed by atoms with van der Waals surface area (Å²) in [5.74, 6) is 1.22. The van der Waals surface area contributed by atoms with E-state index in [0.29, 0.717) is 23.8 Å². The summed E-state index contributed by atoms with van der Waals surface area (Å²) in [6, 6.07) is 7.07. The van der Waals surface area contributed by atoms with Gasteiger partial charge in [-0.1, -0.05) is 40.3 Å². The highest BCUT2D eigenvalue weighted by Gasteiger charge is 2.10. The number of aryl methyl sites for hydroxylation is 2. The Kier molecular flexibility index (Phi) is 9.39. The predicted octanol–water partition coefficient (Wildman–Crippen LogP) is 4.41. The molecule has 1 heterocycles. The summed E-state index contributed by atoms with van der Waals surface area (Å²) in [5.41, 5.74) is 1.50. The Morgan fingerprint density at radius 2 is 2.04 bits per heavy atom. The molecule has 1 N–H and O–H groups in total. The highest BCUT2D eigenvalue weighted by molar-refractivity contribution is 5.70. The molecule has 23 heavy (non-hydrogen) atoms. The fourth-order valence-corrected chi connectivity index (χ4v) is 1.97. The van der Waals surface area contributed by atoms with Crippen molar-refractivity contribution >= 4 is 5.97 Å². The number of rotatable bonds is 6. The number of benzene rings is 1. The van der Waals surface area contributed by atoms with Crippen LogP contribution in [-0.2, 0) is 24.2 Å². The summed E-state index contributed by atoms with van der Waals surface area (Å²) in [6.07, 6.45) is 0.749. The maximum atomic E-state index is 10.7. The van der Waals surface area contributed by atoms with Gasteiger partial charge in [0.25, 0.3) is 0 Å². The highest BCUT2D eigenvalue weighted by Crippen LogP contribution is 2.18. The summed E-state index contributed by atoms with van der Waals surface area (Å²) < 4.78 is 11.1. The van der Waals surface area contributed by atoms with E-state index in [1.807, 2.05) is 20.8 Å². The van der Waals surface area contributed by atoms with Gasteiger partial charge in [-0.2, -0.15) is 0 Å². The smallest absolute Gasteiger partial charge is 0.307 e. The molecule has 0 aliphatic rings. The summed E-state index contributed by atoms with van der Waals surface area (Å²) in [6.45, 7) is 8.12. The van der Waals surface area contributed by atoms with E-state index in [1.165, 1.54) is 0 Å². The molecule has 0 saturated heterocycles. The van der Waals surface area contributed by atoms with Gasteiger partial charge < -0.3 is 14.3 Å². The SMILES string of the molecule is C.CC.CCc1oc(C)nc1COc1cccc(CC(=O)O)c1. The molecule has 0 aliphatic carbocycles. The molecule has 5 heteroatoms. The van der Waals surface area contributed by atoms with Gasteiger partial charge in [0, 0.05) is 13.3 Å². The Balaban J connectivity index is 0.00000155. The van der Waals surface area contributed by atoms with Crippen LogP contribution in [0.4, 0.5) is 0 Å². The van der Waals surface area contributed by atoms with Crippen LogP contribution in [0.1, 0.15) is 51.1 Å². The first-order valence-corrected chi connectivity index (χ1v) is 7.47. The van der Waals surface area contributed by atoms with E-state index in [0.717, 1.165) is 17.9 Å². The molecular weight excluding hydrogens is 294 g/mol. The van der Waals surface area contributed by atoms with Crippen LogP contribution >= 0.6 is 0 Å². The molecule has 2 aromatic rings. The average Bonchev–Trinajstić information content (AvgIpc) is 2.87. The zero-order chi connectivity index (χ0) is 16.5. The lowest BCUT2D eigenvalue weighted by Crippen LogP contribution is -2.02. The van der Waals surface area contributed by atoms with Crippen molar-refractivity contribution in [1.82, 2.24) is 4.98 Å². The van der Waals surface area contributed by atoms with Crippen molar-refractivity contribution < 1.29 is 19.1 Å². The van der Waals surface area contributed by atoms with Gasteiger partial charge in [0.2, 0.25) is 0 Å². The quantitative estimate of drug-likeness (QED) is 0.853. The number of aromatic nitrogens is 1. The summed E-state index contributed by atoms with van der Waals surface area (Å²) in [4.78, 5) is 15.0. The standard InChI is InChI=1S/C15H17NO4.C2H6.CH4/c1-3-14-13(16-10(2)20-14)9-19-12-6-4-5-11(7-12)8-15(17)18;1-2;/h4-7H,3,8-9H2,1-2H3,(H,17,18);1-2H3;1H4. The molecule has 0 aliphatic heterocycles. The van der Waals surface area contributed by atoms with Crippen LogP contribution in [0.2, 0.25) is 0 Å². The summed E-state index contributed by atoms with van der Waals surface area (Å²) in [5, 5.41) is 8.77. The van der Waals surface area contributed by atoms with Crippen molar-refractivity contribution in [2.45, 2.75) is 54.6 Å².